The van der Waals surface area contributed by atoms with Crippen LogP contribution in [-0.4, -0.2) is 49.2 Å². The van der Waals surface area contributed by atoms with Crippen molar-refractivity contribution >= 4 is 16.0 Å². The molecule has 10 heteroatoms. The van der Waals surface area contributed by atoms with Crippen molar-refractivity contribution in [3.8, 4) is 16.9 Å². The van der Waals surface area contributed by atoms with Gasteiger partial charge in [-0.25, -0.2) is 8.42 Å². The van der Waals surface area contributed by atoms with Crippen LogP contribution in [0.1, 0.15) is 32.1 Å². The van der Waals surface area contributed by atoms with Crippen LogP contribution in [0, 0.1) is 11.8 Å². The predicted molar refractivity (Wildman–Crippen MR) is 119 cm³/mol. The van der Waals surface area contributed by atoms with Crippen molar-refractivity contribution in [1.82, 2.24) is 4.31 Å². The molecule has 0 bridgehead atoms. The first-order chi connectivity index (χ1) is 16.1. The molecule has 2 aromatic rings. The Morgan fingerprint density at radius 1 is 1.03 bits per heavy atom. The second-order valence-corrected chi connectivity index (χ2v) is 10.6. The summed E-state index contributed by atoms with van der Waals surface area (Å²) in [6, 6.07) is 11.2. The Hall–Kier alpha value is -2.59. The summed E-state index contributed by atoms with van der Waals surface area (Å²) in [7, 11) is -4.52. The molecule has 184 valence electrons. The molecule has 0 amide bonds. The van der Waals surface area contributed by atoms with E-state index in [1.165, 1.54) is 18.2 Å². The van der Waals surface area contributed by atoms with Crippen LogP contribution < -0.4 is 4.74 Å². The topological polar surface area (TPSA) is 83.9 Å². The number of hydrogen-bond acceptors (Lipinski definition) is 4. The Labute approximate surface area is 196 Å². The van der Waals surface area contributed by atoms with Crippen LogP contribution in [0.3, 0.4) is 0 Å². The zero-order valence-corrected chi connectivity index (χ0v) is 19.2. The minimum Gasteiger partial charge on any atom is -0.483 e. The fourth-order valence-corrected chi connectivity index (χ4v) is 7.22. The van der Waals surface area contributed by atoms with Gasteiger partial charge in [0.05, 0.1) is 0 Å². The Morgan fingerprint density at radius 2 is 1.74 bits per heavy atom. The Balaban J connectivity index is 1.84. The lowest BCUT2D eigenvalue weighted by Crippen LogP contribution is -2.56. The van der Waals surface area contributed by atoms with E-state index >= 15 is 0 Å². The SMILES string of the molecule is O=C(O)C1C2CCCCC2CCN1S(=O)(=O)c1c(OCC(F)(F)F)cccc1-c1ccccc1. The third kappa shape index (κ3) is 4.93. The number of rotatable bonds is 6. The van der Waals surface area contributed by atoms with Crippen LogP contribution in [0.25, 0.3) is 11.1 Å². The van der Waals surface area contributed by atoms with E-state index < -0.39 is 45.5 Å². The molecule has 0 radical (unpaired) electrons. The average Bonchev–Trinajstić information content (AvgIpc) is 2.81. The second-order valence-electron chi connectivity index (χ2n) is 8.80. The first-order valence-corrected chi connectivity index (χ1v) is 12.7. The van der Waals surface area contributed by atoms with Crippen LogP contribution in [0.2, 0.25) is 0 Å². The van der Waals surface area contributed by atoms with Gasteiger partial charge in [0, 0.05) is 12.1 Å². The number of aliphatic carboxylic acids is 1. The van der Waals surface area contributed by atoms with E-state index in [4.69, 9.17) is 4.74 Å². The summed E-state index contributed by atoms with van der Waals surface area (Å²) in [6.07, 6.45) is -0.909. The molecule has 3 unspecified atom stereocenters. The molecule has 4 rings (SSSR count). The summed E-state index contributed by atoms with van der Waals surface area (Å²) in [6.45, 7) is -1.68. The first kappa shape index (κ1) is 24.5. The van der Waals surface area contributed by atoms with Gasteiger partial charge in [-0.05, 0) is 36.3 Å². The lowest BCUT2D eigenvalue weighted by molar-refractivity contribution is -0.153. The molecule has 1 aliphatic heterocycles. The maximum absolute atomic E-state index is 14.0. The summed E-state index contributed by atoms with van der Waals surface area (Å²) in [5.74, 6) is -1.91. The van der Waals surface area contributed by atoms with Crippen molar-refractivity contribution in [3.63, 3.8) is 0 Å². The summed E-state index contributed by atoms with van der Waals surface area (Å²) >= 11 is 0. The number of fused-ring (bicyclic) bond motifs is 1. The van der Waals surface area contributed by atoms with Gasteiger partial charge in [-0.15, -0.1) is 0 Å². The molecular formula is C24H26F3NO5S. The number of alkyl halides is 3. The Bertz CT molecular complexity index is 1140. The zero-order chi connectivity index (χ0) is 24.5. The van der Waals surface area contributed by atoms with Crippen LogP contribution in [0.15, 0.2) is 53.4 Å². The minimum atomic E-state index is -4.67. The number of ether oxygens (including phenoxy) is 1. The van der Waals surface area contributed by atoms with Gasteiger partial charge >= 0.3 is 12.1 Å². The van der Waals surface area contributed by atoms with Crippen molar-refractivity contribution in [2.75, 3.05) is 13.2 Å². The molecule has 1 saturated carbocycles. The van der Waals surface area contributed by atoms with Crippen molar-refractivity contribution in [1.29, 1.82) is 0 Å². The summed E-state index contributed by atoms with van der Waals surface area (Å²) in [5.41, 5.74) is 0.633. The molecule has 0 aromatic heterocycles. The molecule has 34 heavy (non-hydrogen) atoms. The highest BCUT2D eigenvalue weighted by Crippen LogP contribution is 2.44. The van der Waals surface area contributed by atoms with Crippen LogP contribution in [-0.2, 0) is 14.8 Å². The van der Waals surface area contributed by atoms with E-state index in [0.717, 1.165) is 23.6 Å². The lowest BCUT2D eigenvalue weighted by atomic mass is 9.71. The standard InChI is InChI=1S/C24H26F3NO5S/c25-24(26,27)15-33-20-12-6-11-19(16-7-2-1-3-8-16)22(20)34(31,32)28-14-13-17-9-4-5-10-18(17)21(28)23(29)30/h1-3,6-8,11-12,17-18,21H,4-5,9-10,13-15H2,(H,29,30). The molecule has 2 aromatic carbocycles. The van der Waals surface area contributed by atoms with Gasteiger partial charge in [0.1, 0.15) is 16.7 Å². The predicted octanol–water partition coefficient (Wildman–Crippen LogP) is 4.95. The highest BCUT2D eigenvalue weighted by molar-refractivity contribution is 7.89. The maximum atomic E-state index is 14.0. The molecule has 1 aliphatic carbocycles. The molecule has 1 heterocycles. The van der Waals surface area contributed by atoms with E-state index in [1.807, 2.05) is 0 Å². The van der Waals surface area contributed by atoms with E-state index in [-0.39, 0.29) is 23.9 Å². The zero-order valence-electron chi connectivity index (χ0n) is 18.4. The molecule has 6 nitrogen and oxygen atoms in total. The molecule has 0 spiro atoms. The van der Waals surface area contributed by atoms with Gasteiger partial charge in [-0.3, -0.25) is 4.79 Å². The number of carboxylic acids is 1. The normalized spacial score (nSPS) is 23.8. The molecule has 1 saturated heterocycles. The van der Waals surface area contributed by atoms with Gasteiger partial charge in [0.15, 0.2) is 6.61 Å². The van der Waals surface area contributed by atoms with Gasteiger partial charge < -0.3 is 9.84 Å². The largest absolute Gasteiger partial charge is 0.483 e. The number of benzene rings is 2. The van der Waals surface area contributed by atoms with Gasteiger partial charge in [0.2, 0.25) is 10.0 Å². The second kappa shape index (κ2) is 9.58. The van der Waals surface area contributed by atoms with Gasteiger partial charge in [-0.1, -0.05) is 61.7 Å². The molecule has 1 N–H and O–H groups in total. The summed E-state index contributed by atoms with van der Waals surface area (Å²) in [5, 5.41) is 10.0. The van der Waals surface area contributed by atoms with E-state index in [9.17, 15) is 31.5 Å². The van der Waals surface area contributed by atoms with E-state index in [0.29, 0.717) is 18.4 Å². The minimum absolute atomic E-state index is 0.0116. The fraction of sp³-hybridized carbons (Fsp3) is 0.458. The third-order valence-electron chi connectivity index (χ3n) is 6.68. The van der Waals surface area contributed by atoms with E-state index in [2.05, 4.69) is 0 Å². The monoisotopic (exact) mass is 497 g/mol. The van der Waals surface area contributed by atoms with Crippen molar-refractivity contribution in [2.45, 2.75) is 49.2 Å². The summed E-state index contributed by atoms with van der Waals surface area (Å²) in [4.78, 5) is 11.9. The molecule has 3 atom stereocenters. The quantitative estimate of drug-likeness (QED) is 0.611. The Morgan fingerprint density at radius 3 is 2.41 bits per heavy atom. The molecule has 2 aliphatic rings. The molecule has 2 fully saturated rings. The van der Waals surface area contributed by atoms with Crippen LogP contribution in [0.5, 0.6) is 5.75 Å². The number of hydrogen-bond donors (Lipinski definition) is 1. The highest BCUT2D eigenvalue weighted by atomic mass is 32.2. The van der Waals surface area contributed by atoms with Crippen LogP contribution in [0.4, 0.5) is 13.2 Å². The summed E-state index contributed by atoms with van der Waals surface area (Å²) < 4.78 is 72.8. The number of carbonyl (C=O) groups is 1. The van der Waals surface area contributed by atoms with Crippen molar-refractivity contribution in [2.24, 2.45) is 11.8 Å². The average molecular weight is 498 g/mol. The third-order valence-corrected chi connectivity index (χ3v) is 8.64. The van der Waals surface area contributed by atoms with Crippen LogP contribution >= 0.6 is 0 Å². The number of nitrogens with zero attached hydrogens (tertiary/aromatic N) is 1. The Kier molecular flexibility index (Phi) is 6.91. The van der Waals surface area contributed by atoms with Crippen molar-refractivity contribution in [3.05, 3.63) is 48.5 Å². The lowest BCUT2D eigenvalue weighted by Gasteiger charge is -2.45. The number of carboxylic acid groups (broad SMARTS) is 1. The number of halogens is 3. The van der Waals surface area contributed by atoms with Gasteiger partial charge in [0.25, 0.3) is 0 Å². The van der Waals surface area contributed by atoms with Gasteiger partial charge in [-0.2, -0.15) is 17.5 Å². The first-order valence-electron chi connectivity index (χ1n) is 11.2. The number of sulfonamides is 1. The van der Waals surface area contributed by atoms with Crippen molar-refractivity contribution < 1.29 is 36.2 Å². The van der Waals surface area contributed by atoms with E-state index in [1.54, 1.807) is 30.3 Å². The number of piperidine rings is 1. The highest BCUT2D eigenvalue weighted by Gasteiger charge is 2.49. The smallest absolute Gasteiger partial charge is 0.422 e. The maximum Gasteiger partial charge on any atom is 0.422 e. The fourth-order valence-electron chi connectivity index (χ4n) is 5.25. The molecular weight excluding hydrogens is 471 g/mol.